The van der Waals surface area contributed by atoms with Crippen molar-refractivity contribution in [2.24, 2.45) is 4.99 Å². The molecule has 1 heterocycles. The van der Waals surface area contributed by atoms with Gasteiger partial charge in [0.05, 0.1) is 11.5 Å². The Morgan fingerprint density at radius 2 is 2.00 bits per heavy atom. The van der Waals surface area contributed by atoms with Crippen LogP contribution in [0, 0.1) is 10.1 Å². The van der Waals surface area contributed by atoms with Gasteiger partial charge in [0.15, 0.2) is 5.70 Å². The molecule has 2 aromatic carbocycles. The van der Waals surface area contributed by atoms with E-state index in [0.717, 1.165) is 24.2 Å². The maximum absolute atomic E-state index is 12.1. The summed E-state index contributed by atoms with van der Waals surface area (Å²) >= 11 is 5.80. The molecule has 1 aliphatic rings. The SMILES string of the molecule is CCCCOc1ccc(/C=C2\N=C(c3ccc(Cl)c([N+](=O)[O-])c3)OC2=O)cc1. The van der Waals surface area contributed by atoms with Crippen molar-refractivity contribution in [1.29, 1.82) is 0 Å². The normalized spacial score (nSPS) is 14.7. The van der Waals surface area contributed by atoms with Gasteiger partial charge in [-0.15, -0.1) is 0 Å². The number of cyclic esters (lactones) is 1. The van der Waals surface area contributed by atoms with Crippen molar-refractivity contribution in [2.45, 2.75) is 19.8 Å². The van der Waals surface area contributed by atoms with E-state index in [1.54, 1.807) is 6.08 Å². The fourth-order valence-electron chi connectivity index (χ4n) is 2.47. The van der Waals surface area contributed by atoms with Crippen molar-refractivity contribution in [3.8, 4) is 5.75 Å². The molecule has 0 saturated carbocycles. The van der Waals surface area contributed by atoms with Crippen LogP contribution >= 0.6 is 11.6 Å². The number of unbranched alkanes of at least 4 members (excludes halogenated alkanes) is 1. The lowest BCUT2D eigenvalue weighted by molar-refractivity contribution is -0.384. The zero-order valence-electron chi connectivity index (χ0n) is 15.1. The van der Waals surface area contributed by atoms with Gasteiger partial charge >= 0.3 is 5.97 Å². The summed E-state index contributed by atoms with van der Waals surface area (Å²) in [5.74, 6) is 0.119. The van der Waals surface area contributed by atoms with Crippen LogP contribution in [0.4, 0.5) is 5.69 Å². The Labute approximate surface area is 166 Å². The molecule has 1 aliphatic heterocycles. The number of nitro benzene ring substituents is 1. The van der Waals surface area contributed by atoms with Gasteiger partial charge in [-0.25, -0.2) is 9.79 Å². The minimum atomic E-state index is -0.629. The fraction of sp³-hybridized carbons (Fsp3) is 0.200. The van der Waals surface area contributed by atoms with Gasteiger partial charge in [-0.1, -0.05) is 37.1 Å². The van der Waals surface area contributed by atoms with E-state index in [0.29, 0.717) is 12.2 Å². The monoisotopic (exact) mass is 400 g/mol. The summed E-state index contributed by atoms with van der Waals surface area (Å²) in [6.45, 7) is 2.75. The van der Waals surface area contributed by atoms with Crippen LogP contribution in [0.1, 0.15) is 30.9 Å². The van der Waals surface area contributed by atoms with E-state index in [4.69, 9.17) is 21.1 Å². The van der Waals surface area contributed by atoms with E-state index in [9.17, 15) is 14.9 Å². The first-order valence-corrected chi connectivity index (χ1v) is 9.05. The number of benzene rings is 2. The van der Waals surface area contributed by atoms with E-state index >= 15 is 0 Å². The van der Waals surface area contributed by atoms with Crippen LogP contribution in [0.15, 0.2) is 53.2 Å². The highest BCUT2D eigenvalue weighted by atomic mass is 35.5. The van der Waals surface area contributed by atoms with Crippen molar-refractivity contribution < 1.29 is 19.2 Å². The molecule has 3 rings (SSSR count). The second-order valence-electron chi connectivity index (χ2n) is 6.03. The van der Waals surface area contributed by atoms with Crippen LogP contribution < -0.4 is 4.74 Å². The lowest BCUT2D eigenvalue weighted by Gasteiger charge is -2.05. The molecule has 0 radical (unpaired) electrons. The van der Waals surface area contributed by atoms with E-state index < -0.39 is 10.9 Å². The number of rotatable bonds is 7. The molecular formula is C20H17ClN2O5. The van der Waals surface area contributed by atoms with Crippen LogP contribution in [-0.4, -0.2) is 23.4 Å². The zero-order chi connectivity index (χ0) is 20.1. The minimum absolute atomic E-state index is 0.00400. The average Bonchev–Trinajstić information content (AvgIpc) is 3.04. The lowest BCUT2D eigenvalue weighted by atomic mass is 10.2. The third-order valence-corrected chi connectivity index (χ3v) is 4.28. The second kappa shape index (κ2) is 8.67. The van der Waals surface area contributed by atoms with Crippen LogP contribution in [0.5, 0.6) is 5.75 Å². The summed E-state index contributed by atoms with van der Waals surface area (Å²) in [6, 6.07) is 11.3. The Kier molecular flexibility index (Phi) is 6.06. The molecule has 0 spiro atoms. The third kappa shape index (κ3) is 4.55. The molecule has 0 fully saturated rings. The Hall–Kier alpha value is -3.19. The topological polar surface area (TPSA) is 91.0 Å². The minimum Gasteiger partial charge on any atom is -0.494 e. The molecule has 144 valence electrons. The predicted molar refractivity (Wildman–Crippen MR) is 106 cm³/mol. The Morgan fingerprint density at radius 1 is 1.25 bits per heavy atom. The van der Waals surface area contributed by atoms with Gasteiger partial charge in [-0.2, -0.15) is 0 Å². The molecule has 0 aliphatic carbocycles. The van der Waals surface area contributed by atoms with E-state index in [1.165, 1.54) is 18.2 Å². The Morgan fingerprint density at radius 3 is 2.68 bits per heavy atom. The first-order chi connectivity index (χ1) is 13.5. The van der Waals surface area contributed by atoms with Gasteiger partial charge in [-0.3, -0.25) is 10.1 Å². The number of nitro groups is 1. The van der Waals surface area contributed by atoms with Crippen LogP contribution in [0.25, 0.3) is 6.08 Å². The summed E-state index contributed by atoms with van der Waals surface area (Å²) in [5.41, 5.74) is 0.871. The number of aliphatic imine (C=N–C) groups is 1. The lowest BCUT2D eigenvalue weighted by Crippen LogP contribution is -2.06. The maximum atomic E-state index is 12.1. The van der Waals surface area contributed by atoms with Gasteiger partial charge < -0.3 is 9.47 Å². The molecule has 0 saturated heterocycles. The molecule has 0 N–H and O–H groups in total. The number of nitrogens with zero attached hydrogens (tertiary/aromatic N) is 2. The molecule has 0 unspecified atom stereocenters. The molecule has 28 heavy (non-hydrogen) atoms. The van der Waals surface area contributed by atoms with Crippen LogP contribution in [0.3, 0.4) is 0 Å². The van der Waals surface area contributed by atoms with Crippen molar-refractivity contribution in [1.82, 2.24) is 0 Å². The summed E-state index contributed by atoms with van der Waals surface area (Å²) in [5, 5.41) is 11.0. The van der Waals surface area contributed by atoms with Gasteiger partial charge in [0.2, 0.25) is 5.90 Å². The van der Waals surface area contributed by atoms with E-state index in [1.807, 2.05) is 24.3 Å². The van der Waals surface area contributed by atoms with Crippen LogP contribution in [0.2, 0.25) is 5.02 Å². The highest BCUT2D eigenvalue weighted by Gasteiger charge is 2.26. The fourth-order valence-corrected chi connectivity index (χ4v) is 2.66. The molecule has 0 atom stereocenters. The quantitative estimate of drug-likeness (QED) is 0.219. The second-order valence-corrected chi connectivity index (χ2v) is 6.44. The number of carbonyl (C=O) groups is 1. The Bertz CT molecular complexity index is 967. The zero-order valence-corrected chi connectivity index (χ0v) is 15.8. The maximum Gasteiger partial charge on any atom is 0.363 e. The van der Waals surface area contributed by atoms with E-state index in [-0.39, 0.29) is 22.3 Å². The summed E-state index contributed by atoms with van der Waals surface area (Å²) in [4.78, 5) is 26.7. The number of halogens is 1. The van der Waals surface area contributed by atoms with Crippen molar-refractivity contribution in [3.05, 3.63) is 74.4 Å². The summed E-state index contributed by atoms with van der Waals surface area (Å²) in [7, 11) is 0. The van der Waals surface area contributed by atoms with Gasteiger partial charge in [0.1, 0.15) is 10.8 Å². The molecule has 0 aromatic heterocycles. The summed E-state index contributed by atoms with van der Waals surface area (Å²) in [6.07, 6.45) is 3.62. The number of carbonyl (C=O) groups excluding carboxylic acids is 1. The predicted octanol–water partition coefficient (Wildman–Crippen LogP) is 4.77. The molecule has 7 nitrogen and oxygen atoms in total. The Balaban J connectivity index is 1.80. The van der Waals surface area contributed by atoms with Crippen molar-refractivity contribution >= 4 is 35.2 Å². The number of ether oxygens (including phenoxy) is 2. The molecular weight excluding hydrogens is 384 g/mol. The third-order valence-electron chi connectivity index (χ3n) is 3.96. The molecule has 0 bridgehead atoms. The molecule has 0 amide bonds. The first-order valence-electron chi connectivity index (χ1n) is 8.67. The van der Waals surface area contributed by atoms with Crippen molar-refractivity contribution in [2.75, 3.05) is 6.61 Å². The molecule has 2 aromatic rings. The number of hydrogen-bond acceptors (Lipinski definition) is 6. The smallest absolute Gasteiger partial charge is 0.363 e. The average molecular weight is 401 g/mol. The highest BCUT2D eigenvalue weighted by Crippen LogP contribution is 2.27. The van der Waals surface area contributed by atoms with Gasteiger partial charge in [0.25, 0.3) is 5.69 Å². The van der Waals surface area contributed by atoms with Crippen LogP contribution in [-0.2, 0) is 9.53 Å². The van der Waals surface area contributed by atoms with Gasteiger partial charge in [0, 0.05) is 11.6 Å². The standard InChI is InChI=1S/C20H17ClN2O5/c1-2-3-10-27-15-7-4-13(5-8-15)11-17-20(24)28-19(22-17)14-6-9-16(21)18(12-14)23(25)26/h4-9,11-12H,2-3,10H2,1H3/b17-11-. The number of hydrogen-bond donors (Lipinski definition) is 0. The largest absolute Gasteiger partial charge is 0.494 e. The van der Waals surface area contributed by atoms with Gasteiger partial charge in [-0.05, 0) is 42.3 Å². The van der Waals surface area contributed by atoms with E-state index in [2.05, 4.69) is 11.9 Å². The molecule has 8 heteroatoms. The summed E-state index contributed by atoms with van der Waals surface area (Å²) < 4.78 is 10.8. The van der Waals surface area contributed by atoms with Crippen molar-refractivity contribution in [3.63, 3.8) is 0 Å². The highest BCUT2D eigenvalue weighted by molar-refractivity contribution is 6.32. The first kappa shape index (κ1) is 19.6. The number of esters is 1.